The number of ether oxygens (including phenoxy) is 2. The molecule has 3 rings (SSSR count). The molecule has 0 aliphatic heterocycles. The van der Waals surface area contributed by atoms with Crippen LogP contribution in [0.3, 0.4) is 0 Å². The highest BCUT2D eigenvalue weighted by Crippen LogP contribution is 2.27. The maximum absolute atomic E-state index is 12.4. The highest BCUT2D eigenvalue weighted by Gasteiger charge is 2.29. The first-order valence-electron chi connectivity index (χ1n) is 8.53. The molecule has 1 aliphatic rings. The molecule has 0 aromatic heterocycles. The normalized spacial score (nSPS) is 14.0. The molecule has 0 atom stereocenters. The molecule has 2 aromatic rings. The van der Waals surface area contributed by atoms with Crippen molar-refractivity contribution >= 4 is 27.6 Å². The smallest absolute Gasteiger partial charge is 0.338 e. The summed E-state index contributed by atoms with van der Waals surface area (Å²) in [6.45, 7) is 2.21. The van der Waals surface area contributed by atoms with Crippen LogP contribution in [-0.2, 0) is 14.8 Å². The second kappa shape index (κ2) is 8.29. The summed E-state index contributed by atoms with van der Waals surface area (Å²) in [6, 6.07) is 11.5. The van der Waals surface area contributed by atoms with E-state index in [-0.39, 0.29) is 34.7 Å². The second-order valence-corrected chi connectivity index (χ2v) is 8.43. The van der Waals surface area contributed by atoms with Crippen molar-refractivity contribution in [3.05, 3.63) is 58.6 Å². The Morgan fingerprint density at radius 1 is 1.15 bits per heavy atom. The highest BCUT2D eigenvalue weighted by atomic mass is 35.5. The molecule has 0 amide bonds. The first-order valence-corrected chi connectivity index (χ1v) is 10.4. The van der Waals surface area contributed by atoms with Crippen LogP contribution < -0.4 is 9.46 Å². The number of carbonyl (C=O) groups excluding carboxylic acids is 1. The fourth-order valence-corrected chi connectivity index (χ4v) is 4.16. The fraction of sp³-hybridized carbons (Fsp3) is 0.316. The summed E-state index contributed by atoms with van der Waals surface area (Å²) in [7, 11) is -3.76. The van der Waals surface area contributed by atoms with Gasteiger partial charge in [-0.2, -0.15) is 0 Å². The number of halogens is 1. The summed E-state index contributed by atoms with van der Waals surface area (Å²) in [5.74, 6) is 0.0460. The second-order valence-electron chi connectivity index (χ2n) is 6.34. The topological polar surface area (TPSA) is 81.7 Å². The SMILES string of the molecule is Cc1ccc(OCCOC(=O)c2ccc(Cl)c(S(=O)(=O)NC3CC3)c2)cc1. The number of esters is 1. The van der Waals surface area contributed by atoms with E-state index in [2.05, 4.69) is 4.72 Å². The molecule has 8 heteroatoms. The predicted octanol–water partition coefficient (Wildman–Crippen LogP) is 3.32. The first-order chi connectivity index (χ1) is 12.8. The van der Waals surface area contributed by atoms with Crippen LogP contribution in [0.2, 0.25) is 5.02 Å². The standard InChI is InChI=1S/C19H20ClNO5S/c1-13-2-7-16(8-3-13)25-10-11-26-19(22)14-4-9-17(20)18(12-14)27(23,24)21-15-5-6-15/h2-4,7-9,12,15,21H,5-6,10-11H2,1H3. The lowest BCUT2D eigenvalue weighted by atomic mass is 10.2. The van der Waals surface area contributed by atoms with E-state index in [9.17, 15) is 13.2 Å². The lowest BCUT2D eigenvalue weighted by Crippen LogP contribution is -2.26. The van der Waals surface area contributed by atoms with E-state index in [0.717, 1.165) is 18.4 Å². The average Bonchev–Trinajstić information content (AvgIpc) is 3.43. The van der Waals surface area contributed by atoms with Crippen LogP contribution >= 0.6 is 11.6 Å². The molecule has 0 radical (unpaired) electrons. The monoisotopic (exact) mass is 409 g/mol. The van der Waals surface area contributed by atoms with Gasteiger partial charge in [-0.1, -0.05) is 29.3 Å². The van der Waals surface area contributed by atoms with Gasteiger partial charge in [-0.15, -0.1) is 0 Å². The molecule has 144 valence electrons. The molecule has 6 nitrogen and oxygen atoms in total. The quantitative estimate of drug-likeness (QED) is 0.534. The lowest BCUT2D eigenvalue weighted by Gasteiger charge is -2.10. The van der Waals surface area contributed by atoms with Crippen molar-refractivity contribution in [1.82, 2.24) is 4.72 Å². The third-order valence-electron chi connectivity index (χ3n) is 3.96. The van der Waals surface area contributed by atoms with Gasteiger partial charge in [0, 0.05) is 6.04 Å². The van der Waals surface area contributed by atoms with E-state index < -0.39 is 16.0 Å². The van der Waals surface area contributed by atoms with E-state index >= 15 is 0 Å². The van der Waals surface area contributed by atoms with Gasteiger partial charge in [-0.25, -0.2) is 17.9 Å². The molecule has 0 unspecified atom stereocenters. The van der Waals surface area contributed by atoms with E-state index in [1.165, 1.54) is 18.2 Å². The Balaban J connectivity index is 1.58. The zero-order valence-corrected chi connectivity index (χ0v) is 16.3. The summed E-state index contributed by atoms with van der Waals surface area (Å²) in [5, 5.41) is 0.0578. The average molecular weight is 410 g/mol. The minimum atomic E-state index is -3.76. The van der Waals surface area contributed by atoms with Crippen LogP contribution in [0.25, 0.3) is 0 Å². The van der Waals surface area contributed by atoms with Crippen molar-refractivity contribution in [2.45, 2.75) is 30.7 Å². The van der Waals surface area contributed by atoms with Gasteiger partial charge >= 0.3 is 5.97 Å². The summed E-state index contributed by atoms with van der Waals surface area (Å²) < 4.78 is 37.9. The molecule has 0 spiro atoms. The van der Waals surface area contributed by atoms with Crippen molar-refractivity contribution in [2.75, 3.05) is 13.2 Å². The van der Waals surface area contributed by atoms with Crippen LogP contribution in [0.1, 0.15) is 28.8 Å². The van der Waals surface area contributed by atoms with Crippen LogP contribution in [0, 0.1) is 6.92 Å². The minimum Gasteiger partial charge on any atom is -0.490 e. The fourth-order valence-electron chi connectivity index (χ4n) is 2.33. The summed E-state index contributed by atoms with van der Waals surface area (Å²) >= 11 is 6.00. The summed E-state index contributed by atoms with van der Waals surface area (Å²) in [6.07, 6.45) is 1.61. The molecule has 1 fully saturated rings. The number of hydrogen-bond donors (Lipinski definition) is 1. The van der Waals surface area contributed by atoms with E-state index in [0.29, 0.717) is 5.75 Å². The predicted molar refractivity (Wildman–Crippen MR) is 102 cm³/mol. The van der Waals surface area contributed by atoms with Crippen molar-refractivity contribution < 1.29 is 22.7 Å². The maximum atomic E-state index is 12.4. The van der Waals surface area contributed by atoms with Crippen molar-refractivity contribution in [2.24, 2.45) is 0 Å². The number of benzene rings is 2. The Morgan fingerprint density at radius 3 is 2.52 bits per heavy atom. The largest absolute Gasteiger partial charge is 0.490 e. The van der Waals surface area contributed by atoms with Crippen molar-refractivity contribution in [3.63, 3.8) is 0 Å². The number of nitrogens with one attached hydrogen (secondary N) is 1. The molecule has 0 saturated heterocycles. The Morgan fingerprint density at radius 2 is 1.85 bits per heavy atom. The molecule has 27 heavy (non-hydrogen) atoms. The van der Waals surface area contributed by atoms with Gasteiger partial charge in [-0.05, 0) is 50.1 Å². The molecule has 0 heterocycles. The third-order valence-corrected chi connectivity index (χ3v) is 5.96. The van der Waals surface area contributed by atoms with Crippen LogP contribution in [-0.4, -0.2) is 33.6 Å². The number of hydrogen-bond acceptors (Lipinski definition) is 5. The Hall–Kier alpha value is -2.09. The molecule has 2 aromatic carbocycles. The van der Waals surface area contributed by atoms with Crippen molar-refractivity contribution in [3.8, 4) is 5.75 Å². The lowest BCUT2D eigenvalue weighted by molar-refractivity contribution is 0.0450. The van der Waals surface area contributed by atoms with Crippen LogP contribution in [0.5, 0.6) is 5.75 Å². The zero-order valence-electron chi connectivity index (χ0n) is 14.8. The third kappa shape index (κ3) is 5.45. The molecule has 1 saturated carbocycles. The van der Waals surface area contributed by atoms with Crippen LogP contribution in [0.15, 0.2) is 47.4 Å². The molecule has 1 aliphatic carbocycles. The van der Waals surface area contributed by atoms with Gasteiger partial charge in [0.1, 0.15) is 23.9 Å². The van der Waals surface area contributed by atoms with Crippen molar-refractivity contribution in [1.29, 1.82) is 0 Å². The Bertz CT molecular complexity index is 924. The van der Waals surface area contributed by atoms with E-state index in [1.54, 1.807) is 0 Å². The van der Waals surface area contributed by atoms with Gasteiger partial charge in [0.25, 0.3) is 0 Å². The number of carbonyl (C=O) groups is 1. The Labute approximate surface area is 163 Å². The highest BCUT2D eigenvalue weighted by molar-refractivity contribution is 7.89. The Kier molecular flexibility index (Phi) is 6.04. The summed E-state index contributed by atoms with van der Waals surface area (Å²) in [4.78, 5) is 12.1. The number of sulfonamides is 1. The number of aryl methyl sites for hydroxylation is 1. The molecule has 0 bridgehead atoms. The van der Waals surface area contributed by atoms with Gasteiger partial charge in [0.05, 0.1) is 10.6 Å². The zero-order chi connectivity index (χ0) is 19.4. The van der Waals surface area contributed by atoms with Gasteiger partial charge in [0.15, 0.2) is 0 Å². The summed E-state index contributed by atoms with van der Waals surface area (Å²) in [5.41, 5.74) is 1.24. The van der Waals surface area contributed by atoms with Crippen LogP contribution in [0.4, 0.5) is 0 Å². The first kappa shape index (κ1) is 19.7. The number of rotatable bonds is 8. The van der Waals surface area contributed by atoms with E-state index in [4.69, 9.17) is 21.1 Å². The maximum Gasteiger partial charge on any atom is 0.338 e. The molecular formula is C19H20ClNO5S. The van der Waals surface area contributed by atoms with Gasteiger partial charge in [-0.3, -0.25) is 0 Å². The van der Waals surface area contributed by atoms with Gasteiger partial charge in [0.2, 0.25) is 10.0 Å². The molecule has 1 N–H and O–H groups in total. The van der Waals surface area contributed by atoms with E-state index in [1.807, 2.05) is 31.2 Å². The molecular weight excluding hydrogens is 390 g/mol. The van der Waals surface area contributed by atoms with Gasteiger partial charge < -0.3 is 9.47 Å². The minimum absolute atomic E-state index is 0.0394.